The van der Waals surface area contributed by atoms with Crippen molar-refractivity contribution in [1.82, 2.24) is 0 Å². The van der Waals surface area contributed by atoms with Gasteiger partial charge in [-0.05, 0) is 57.8 Å². The minimum Gasteiger partial charge on any atom is -0.462 e. The predicted octanol–water partition coefficient (Wildman–Crippen LogP) is 13.2. The van der Waals surface area contributed by atoms with Crippen LogP contribution < -0.4 is 0 Å². The molecule has 4 N–H and O–H groups in total. The Morgan fingerprint density at radius 2 is 0.900 bits per heavy atom. The highest BCUT2D eigenvalue weighted by Gasteiger charge is 2.46. The standard InChI is InChI=1S/C57H100O12S/c1-3-5-7-9-11-13-15-17-19-21-23-24-25-26-28-29-31-33-35-37-39-41-43-45-52(58)66-47-50(48-67-57-56(62)55(61)54(60)51(69-57)49-70(63,64)65)68-53(59)46-44-42-40-38-36-34-32-30-27-22-20-18-16-14-12-10-8-6-4-2/h6,8,12,14,18,20,27,30,34,36,50-51,54-57,60-62H,3-5,7,9-11,13,15-17,19,21-26,28-29,31-33,35,37-49H2,1-2H3,(H,63,64,65)/b8-6-,14-12-,20-18-,30-27-,36-34-. The van der Waals surface area contributed by atoms with Gasteiger partial charge in [0.1, 0.15) is 36.8 Å². The Kier molecular flexibility index (Phi) is 43.1. The van der Waals surface area contributed by atoms with E-state index in [9.17, 15) is 37.9 Å². The van der Waals surface area contributed by atoms with Crippen LogP contribution in [0.5, 0.6) is 0 Å². The maximum Gasteiger partial charge on any atom is 0.306 e. The highest BCUT2D eigenvalue weighted by molar-refractivity contribution is 7.85. The second kappa shape index (κ2) is 46.2. The van der Waals surface area contributed by atoms with Gasteiger partial charge in [-0.3, -0.25) is 14.1 Å². The van der Waals surface area contributed by atoms with Gasteiger partial charge in [0.25, 0.3) is 10.1 Å². The number of hydrogen-bond acceptors (Lipinski definition) is 11. The molecule has 0 saturated carbocycles. The van der Waals surface area contributed by atoms with Crippen molar-refractivity contribution in [3.63, 3.8) is 0 Å². The summed E-state index contributed by atoms with van der Waals surface area (Å²) >= 11 is 0. The van der Waals surface area contributed by atoms with Gasteiger partial charge >= 0.3 is 11.9 Å². The zero-order valence-corrected chi connectivity index (χ0v) is 44.7. The van der Waals surface area contributed by atoms with Crippen LogP contribution in [0.3, 0.4) is 0 Å². The van der Waals surface area contributed by atoms with Crippen molar-refractivity contribution in [3.8, 4) is 0 Å². The first-order chi connectivity index (χ1) is 34.0. The van der Waals surface area contributed by atoms with E-state index in [-0.39, 0.29) is 19.4 Å². The number of allylic oxidation sites excluding steroid dienone is 10. The van der Waals surface area contributed by atoms with Crippen molar-refractivity contribution in [2.24, 2.45) is 0 Å². The molecular weight excluding hydrogens is 909 g/mol. The lowest BCUT2D eigenvalue weighted by Gasteiger charge is -2.40. The first-order valence-corrected chi connectivity index (χ1v) is 29.5. The Labute approximate surface area is 426 Å². The Morgan fingerprint density at radius 1 is 0.500 bits per heavy atom. The molecule has 6 atom stereocenters. The number of carbonyl (C=O) groups excluding carboxylic acids is 2. The summed E-state index contributed by atoms with van der Waals surface area (Å²) in [4.78, 5) is 25.6. The van der Waals surface area contributed by atoms with Gasteiger partial charge in [0.05, 0.1) is 6.61 Å². The highest BCUT2D eigenvalue weighted by atomic mass is 32.2. The van der Waals surface area contributed by atoms with Crippen molar-refractivity contribution in [1.29, 1.82) is 0 Å². The van der Waals surface area contributed by atoms with Crippen LogP contribution in [0.15, 0.2) is 60.8 Å². The molecule has 1 rings (SSSR count). The second-order valence-electron chi connectivity index (χ2n) is 19.2. The van der Waals surface area contributed by atoms with E-state index in [1.807, 2.05) is 0 Å². The smallest absolute Gasteiger partial charge is 0.306 e. The zero-order valence-electron chi connectivity index (χ0n) is 43.9. The molecular formula is C57H100O12S. The van der Waals surface area contributed by atoms with Gasteiger partial charge in [-0.15, -0.1) is 0 Å². The zero-order chi connectivity index (χ0) is 51.2. The number of unbranched alkanes of at least 4 members (excludes halogenated alkanes) is 25. The van der Waals surface area contributed by atoms with E-state index in [2.05, 4.69) is 74.6 Å². The van der Waals surface area contributed by atoms with E-state index in [0.29, 0.717) is 12.8 Å². The van der Waals surface area contributed by atoms with Gasteiger partial charge in [-0.1, -0.05) is 222 Å². The monoisotopic (exact) mass is 1010 g/mol. The molecule has 1 aliphatic rings. The largest absolute Gasteiger partial charge is 0.462 e. The van der Waals surface area contributed by atoms with Gasteiger partial charge in [-0.25, -0.2) is 0 Å². The number of esters is 2. The van der Waals surface area contributed by atoms with Crippen LogP contribution in [0.4, 0.5) is 0 Å². The maximum atomic E-state index is 12.9. The molecule has 0 amide bonds. The average Bonchev–Trinajstić information content (AvgIpc) is 3.33. The van der Waals surface area contributed by atoms with E-state index in [4.69, 9.17) is 18.9 Å². The third-order valence-electron chi connectivity index (χ3n) is 12.6. The summed E-state index contributed by atoms with van der Waals surface area (Å²) in [7, 11) is -4.61. The van der Waals surface area contributed by atoms with Crippen LogP contribution in [0.1, 0.15) is 232 Å². The molecule has 12 nitrogen and oxygen atoms in total. The van der Waals surface area contributed by atoms with Gasteiger partial charge in [-0.2, -0.15) is 8.42 Å². The summed E-state index contributed by atoms with van der Waals surface area (Å²) in [5.41, 5.74) is 0. The topological polar surface area (TPSA) is 186 Å². The molecule has 406 valence electrons. The second-order valence-corrected chi connectivity index (χ2v) is 20.7. The van der Waals surface area contributed by atoms with Crippen LogP contribution in [0.2, 0.25) is 0 Å². The van der Waals surface area contributed by atoms with Crippen molar-refractivity contribution < 1.29 is 56.8 Å². The fourth-order valence-electron chi connectivity index (χ4n) is 8.35. The fourth-order valence-corrected chi connectivity index (χ4v) is 9.04. The van der Waals surface area contributed by atoms with E-state index >= 15 is 0 Å². The van der Waals surface area contributed by atoms with Crippen LogP contribution in [0, 0.1) is 0 Å². The van der Waals surface area contributed by atoms with Crippen molar-refractivity contribution in [2.45, 2.75) is 269 Å². The molecule has 0 bridgehead atoms. The summed E-state index contributed by atoms with van der Waals surface area (Å²) in [6.45, 7) is 3.66. The van der Waals surface area contributed by atoms with Gasteiger partial charge in [0.15, 0.2) is 12.4 Å². The molecule has 0 aromatic carbocycles. The molecule has 1 saturated heterocycles. The summed E-state index contributed by atoms with van der Waals surface area (Å²) in [5.74, 6) is -2.02. The van der Waals surface area contributed by atoms with E-state index < -0.39 is 71.2 Å². The predicted molar refractivity (Wildman–Crippen MR) is 284 cm³/mol. The molecule has 0 aromatic rings. The fraction of sp³-hybridized carbons (Fsp3) is 0.789. The Hall–Kier alpha value is -2.65. The normalized spacial score (nSPS) is 19.4. The quantitative estimate of drug-likeness (QED) is 0.0196. The Bertz CT molecular complexity index is 1510. The number of aliphatic hydroxyl groups is 3. The SMILES string of the molecule is CC/C=C\C/C=C\C/C=C\C/C=C\C/C=C\CCCCCC(=O)OC(COC(=O)CCCCCCCCCCCCCCCCCCCCCCCCC)COC1OC(CS(=O)(=O)O)C(O)C(O)C1O. The van der Waals surface area contributed by atoms with Crippen LogP contribution in [-0.4, -0.2) is 96.0 Å². The minimum atomic E-state index is -4.61. The Morgan fingerprint density at radius 3 is 1.34 bits per heavy atom. The lowest BCUT2D eigenvalue weighted by molar-refractivity contribution is -0.297. The Balaban J connectivity index is 2.34. The molecule has 1 aliphatic heterocycles. The summed E-state index contributed by atoms with van der Waals surface area (Å²) in [6.07, 6.45) is 49.8. The number of hydrogen-bond donors (Lipinski definition) is 4. The lowest BCUT2D eigenvalue weighted by atomic mass is 10.00. The third kappa shape index (κ3) is 39.9. The number of aliphatic hydroxyl groups excluding tert-OH is 3. The molecule has 0 radical (unpaired) electrons. The van der Waals surface area contributed by atoms with Crippen molar-refractivity contribution >= 4 is 22.1 Å². The number of carbonyl (C=O) groups is 2. The lowest BCUT2D eigenvalue weighted by Crippen LogP contribution is -2.60. The molecule has 0 aliphatic carbocycles. The summed E-state index contributed by atoms with van der Waals surface area (Å²) in [5, 5.41) is 31.0. The highest BCUT2D eigenvalue weighted by Crippen LogP contribution is 2.24. The van der Waals surface area contributed by atoms with Gasteiger partial charge in [0, 0.05) is 12.8 Å². The maximum absolute atomic E-state index is 12.9. The van der Waals surface area contributed by atoms with Crippen LogP contribution in [-0.2, 0) is 38.7 Å². The third-order valence-corrected chi connectivity index (χ3v) is 13.4. The minimum absolute atomic E-state index is 0.125. The van der Waals surface area contributed by atoms with Crippen LogP contribution in [0.25, 0.3) is 0 Å². The van der Waals surface area contributed by atoms with Crippen molar-refractivity contribution in [2.75, 3.05) is 19.0 Å². The van der Waals surface area contributed by atoms with Gasteiger partial charge in [0.2, 0.25) is 0 Å². The first-order valence-electron chi connectivity index (χ1n) is 27.8. The molecule has 13 heteroatoms. The molecule has 1 fully saturated rings. The number of ether oxygens (including phenoxy) is 4. The summed E-state index contributed by atoms with van der Waals surface area (Å²) < 4.78 is 54.3. The van der Waals surface area contributed by atoms with E-state index in [1.165, 1.54) is 122 Å². The summed E-state index contributed by atoms with van der Waals surface area (Å²) in [6, 6.07) is 0. The molecule has 0 aromatic heterocycles. The molecule has 70 heavy (non-hydrogen) atoms. The first kappa shape index (κ1) is 65.4. The van der Waals surface area contributed by atoms with E-state index in [1.54, 1.807) is 0 Å². The molecule has 1 heterocycles. The van der Waals surface area contributed by atoms with Crippen LogP contribution >= 0.6 is 0 Å². The molecule has 0 spiro atoms. The van der Waals surface area contributed by atoms with Gasteiger partial charge < -0.3 is 34.3 Å². The average molecular weight is 1010 g/mol. The number of rotatable bonds is 47. The van der Waals surface area contributed by atoms with E-state index in [0.717, 1.165) is 70.6 Å². The molecule has 6 unspecified atom stereocenters. The van der Waals surface area contributed by atoms with Crippen molar-refractivity contribution in [3.05, 3.63) is 60.8 Å².